The zero-order valence-electron chi connectivity index (χ0n) is 7.39. The highest BCUT2D eigenvalue weighted by atomic mass is 35.5. The highest BCUT2D eigenvalue weighted by Crippen LogP contribution is 2.23. The Kier molecular flexibility index (Phi) is 3.14. The molecule has 1 aromatic carbocycles. The predicted octanol–water partition coefficient (Wildman–Crippen LogP) is 2.06. The van der Waals surface area contributed by atoms with Crippen molar-refractivity contribution < 1.29 is 0 Å². The molecular weight excluding hydrogens is 186 g/mol. The van der Waals surface area contributed by atoms with E-state index >= 15 is 0 Å². The standard InChI is InChI=1S/C9H12ClN3/c1-2-13-7-5-3-4-6(10)8(7)9(11)12/h3-5,13H,2H2,1H3,(H3,11,12). The molecule has 1 rings (SSSR count). The molecule has 0 amide bonds. The lowest BCUT2D eigenvalue weighted by molar-refractivity contribution is 1.21. The molecule has 0 saturated heterocycles. The van der Waals surface area contributed by atoms with Crippen LogP contribution < -0.4 is 11.1 Å². The molecule has 0 saturated carbocycles. The van der Waals surface area contributed by atoms with Crippen LogP contribution in [0, 0.1) is 5.41 Å². The number of hydrogen-bond acceptors (Lipinski definition) is 2. The fourth-order valence-electron chi connectivity index (χ4n) is 1.14. The van der Waals surface area contributed by atoms with E-state index in [1.54, 1.807) is 6.07 Å². The molecule has 0 spiro atoms. The van der Waals surface area contributed by atoms with E-state index in [1.165, 1.54) is 0 Å². The van der Waals surface area contributed by atoms with Crippen molar-refractivity contribution in [2.45, 2.75) is 6.92 Å². The van der Waals surface area contributed by atoms with Crippen molar-refractivity contribution in [1.82, 2.24) is 0 Å². The number of nitrogens with one attached hydrogen (secondary N) is 2. The Morgan fingerprint density at radius 1 is 1.62 bits per heavy atom. The molecular formula is C9H12ClN3. The number of hydrogen-bond donors (Lipinski definition) is 3. The number of anilines is 1. The molecule has 0 fully saturated rings. The third kappa shape index (κ3) is 2.12. The fraction of sp³-hybridized carbons (Fsp3) is 0.222. The van der Waals surface area contributed by atoms with E-state index in [9.17, 15) is 0 Å². The Bertz CT molecular complexity index is 323. The van der Waals surface area contributed by atoms with Gasteiger partial charge in [-0.3, -0.25) is 5.41 Å². The van der Waals surface area contributed by atoms with Crippen LogP contribution in [0.25, 0.3) is 0 Å². The van der Waals surface area contributed by atoms with Crippen molar-refractivity contribution in [3.8, 4) is 0 Å². The van der Waals surface area contributed by atoms with E-state index in [4.69, 9.17) is 22.7 Å². The summed E-state index contributed by atoms with van der Waals surface area (Å²) < 4.78 is 0. The van der Waals surface area contributed by atoms with Crippen LogP contribution in [0.15, 0.2) is 18.2 Å². The molecule has 0 heterocycles. The SMILES string of the molecule is CCNc1cccc(Cl)c1C(=N)N. The molecule has 1 aromatic rings. The average molecular weight is 198 g/mol. The van der Waals surface area contributed by atoms with Crippen LogP contribution in [0.3, 0.4) is 0 Å². The largest absolute Gasteiger partial charge is 0.385 e. The van der Waals surface area contributed by atoms with Crippen LogP contribution in [0.4, 0.5) is 5.69 Å². The molecule has 0 bridgehead atoms. The van der Waals surface area contributed by atoms with E-state index in [0.717, 1.165) is 12.2 Å². The number of nitrogens with two attached hydrogens (primary N) is 1. The molecule has 4 N–H and O–H groups in total. The number of amidine groups is 1. The molecule has 4 heteroatoms. The summed E-state index contributed by atoms with van der Waals surface area (Å²) in [6.07, 6.45) is 0. The van der Waals surface area contributed by atoms with Crippen LogP contribution >= 0.6 is 11.6 Å². The third-order valence-electron chi connectivity index (χ3n) is 1.65. The summed E-state index contributed by atoms with van der Waals surface area (Å²) in [4.78, 5) is 0. The topological polar surface area (TPSA) is 61.9 Å². The van der Waals surface area contributed by atoms with E-state index in [2.05, 4.69) is 5.32 Å². The summed E-state index contributed by atoms with van der Waals surface area (Å²) in [6, 6.07) is 5.40. The summed E-state index contributed by atoms with van der Waals surface area (Å²) in [5.74, 6) is -0.0125. The van der Waals surface area contributed by atoms with Gasteiger partial charge >= 0.3 is 0 Å². The summed E-state index contributed by atoms with van der Waals surface area (Å²) in [5, 5.41) is 10.9. The molecule has 0 unspecified atom stereocenters. The van der Waals surface area contributed by atoms with Crippen LogP contribution in [0.2, 0.25) is 5.02 Å². The molecule has 0 aromatic heterocycles. The lowest BCUT2D eigenvalue weighted by Gasteiger charge is -2.10. The quantitative estimate of drug-likeness (QED) is 0.513. The minimum atomic E-state index is -0.0125. The first-order chi connectivity index (χ1) is 6.16. The van der Waals surface area contributed by atoms with Crippen LogP contribution in [-0.4, -0.2) is 12.4 Å². The Hall–Kier alpha value is -1.22. The number of halogens is 1. The normalized spacial score (nSPS) is 9.69. The summed E-state index contributed by atoms with van der Waals surface area (Å²) in [7, 11) is 0. The van der Waals surface area contributed by atoms with Gasteiger partial charge in [-0.15, -0.1) is 0 Å². The minimum absolute atomic E-state index is 0.0125. The van der Waals surface area contributed by atoms with Crippen molar-refractivity contribution >= 4 is 23.1 Å². The number of rotatable bonds is 3. The summed E-state index contributed by atoms with van der Waals surface area (Å²) in [6.45, 7) is 2.76. The Morgan fingerprint density at radius 3 is 2.85 bits per heavy atom. The maximum absolute atomic E-state index is 7.35. The highest BCUT2D eigenvalue weighted by Gasteiger charge is 2.08. The molecule has 13 heavy (non-hydrogen) atoms. The maximum Gasteiger partial charge on any atom is 0.126 e. The Morgan fingerprint density at radius 2 is 2.31 bits per heavy atom. The van der Waals surface area contributed by atoms with Crippen molar-refractivity contribution in [3.63, 3.8) is 0 Å². The van der Waals surface area contributed by atoms with Gasteiger partial charge in [-0.1, -0.05) is 17.7 Å². The van der Waals surface area contributed by atoms with Gasteiger partial charge in [0.15, 0.2) is 0 Å². The lowest BCUT2D eigenvalue weighted by atomic mass is 10.1. The van der Waals surface area contributed by atoms with Crippen LogP contribution in [0.5, 0.6) is 0 Å². The van der Waals surface area contributed by atoms with Gasteiger partial charge in [0.05, 0.1) is 10.6 Å². The summed E-state index contributed by atoms with van der Waals surface area (Å²) in [5.41, 5.74) is 6.79. The Labute approximate surface area is 82.4 Å². The third-order valence-corrected chi connectivity index (χ3v) is 1.97. The monoisotopic (exact) mass is 197 g/mol. The van der Waals surface area contributed by atoms with E-state index in [0.29, 0.717) is 10.6 Å². The van der Waals surface area contributed by atoms with Gasteiger partial charge in [-0.2, -0.15) is 0 Å². The number of nitrogen functional groups attached to an aromatic ring is 1. The smallest absolute Gasteiger partial charge is 0.126 e. The van der Waals surface area contributed by atoms with Gasteiger partial charge in [0.25, 0.3) is 0 Å². The second-order valence-corrected chi connectivity index (χ2v) is 3.01. The van der Waals surface area contributed by atoms with Crippen LogP contribution in [0.1, 0.15) is 12.5 Å². The summed E-state index contributed by atoms with van der Waals surface area (Å²) >= 11 is 5.90. The molecule has 0 aliphatic rings. The van der Waals surface area contributed by atoms with Gasteiger partial charge in [-0.05, 0) is 19.1 Å². The van der Waals surface area contributed by atoms with E-state index < -0.39 is 0 Å². The van der Waals surface area contributed by atoms with Gasteiger partial charge in [0, 0.05) is 12.2 Å². The lowest BCUT2D eigenvalue weighted by Crippen LogP contribution is -2.15. The molecule has 0 aliphatic heterocycles. The fourth-order valence-corrected chi connectivity index (χ4v) is 1.41. The predicted molar refractivity (Wildman–Crippen MR) is 56.6 cm³/mol. The van der Waals surface area contributed by atoms with E-state index in [1.807, 2.05) is 19.1 Å². The second kappa shape index (κ2) is 4.14. The zero-order chi connectivity index (χ0) is 9.84. The van der Waals surface area contributed by atoms with Gasteiger partial charge in [0.2, 0.25) is 0 Å². The van der Waals surface area contributed by atoms with Crippen molar-refractivity contribution in [1.29, 1.82) is 5.41 Å². The van der Waals surface area contributed by atoms with Crippen molar-refractivity contribution in [2.24, 2.45) is 5.73 Å². The van der Waals surface area contributed by atoms with Gasteiger partial charge in [-0.25, -0.2) is 0 Å². The molecule has 0 atom stereocenters. The second-order valence-electron chi connectivity index (χ2n) is 2.61. The average Bonchev–Trinajstić information content (AvgIpc) is 2.04. The molecule has 0 radical (unpaired) electrons. The van der Waals surface area contributed by atoms with Gasteiger partial charge < -0.3 is 11.1 Å². The van der Waals surface area contributed by atoms with Crippen LogP contribution in [-0.2, 0) is 0 Å². The molecule has 0 aliphatic carbocycles. The van der Waals surface area contributed by atoms with Crippen molar-refractivity contribution in [3.05, 3.63) is 28.8 Å². The highest BCUT2D eigenvalue weighted by molar-refractivity contribution is 6.34. The molecule has 70 valence electrons. The van der Waals surface area contributed by atoms with Gasteiger partial charge in [0.1, 0.15) is 5.84 Å². The first-order valence-electron chi connectivity index (χ1n) is 4.03. The van der Waals surface area contributed by atoms with Crippen molar-refractivity contribution in [2.75, 3.05) is 11.9 Å². The molecule has 3 nitrogen and oxygen atoms in total. The Balaban J connectivity index is 3.17. The van der Waals surface area contributed by atoms with E-state index in [-0.39, 0.29) is 5.84 Å². The number of benzene rings is 1. The first kappa shape index (κ1) is 9.86. The maximum atomic E-state index is 7.35. The first-order valence-corrected chi connectivity index (χ1v) is 4.41. The zero-order valence-corrected chi connectivity index (χ0v) is 8.15. The minimum Gasteiger partial charge on any atom is -0.385 e.